The lowest BCUT2D eigenvalue weighted by Gasteiger charge is -2.29. The number of para-hydroxylation sites is 1. The van der Waals surface area contributed by atoms with Gasteiger partial charge < -0.3 is 20.3 Å². The van der Waals surface area contributed by atoms with Crippen LogP contribution < -0.4 is 10.6 Å². The van der Waals surface area contributed by atoms with Gasteiger partial charge in [-0.05, 0) is 31.0 Å². The second kappa shape index (κ2) is 8.93. The molecule has 1 aromatic carbocycles. The van der Waals surface area contributed by atoms with Crippen molar-refractivity contribution in [2.45, 2.75) is 32.4 Å². The van der Waals surface area contributed by atoms with Crippen LogP contribution in [0, 0.1) is 0 Å². The fourth-order valence-electron chi connectivity index (χ4n) is 3.31. The number of rotatable bonds is 7. The van der Waals surface area contributed by atoms with Gasteiger partial charge in [0.15, 0.2) is 5.82 Å². The van der Waals surface area contributed by atoms with Gasteiger partial charge in [0.25, 0.3) is 0 Å². The molecule has 140 valence electrons. The zero-order valence-corrected chi connectivity index (χ0v) is 15.2. The van der Waals surface area contributed by atoms with Crippen LogP contribution in [0.3, 0.4) is 0 Å². The highest BCUT2D eigenvalue weighted by molar-refractivity contribution is 5.87. The molecule has 0 bridgehead atoms. The second-order valence-electron chi connectivity index (χ2n) is 6.75. The summed E-state index contributed by atoms with van der Waals surface area (Å²) < 4.78 is 1.92. The van der Waals surface area contributed by atoms with Crippen molar-refractivity contribution in [3.05, 3.63) is 42.4 Å². The van der Waals surface area contributed by atoms with Crippen molar-refractivity contribution in [1.29, 1.82) is 0 Å². The van der Waals surface area contributed by atoms with E-state index in [1.807, 2.05) is 29.0 Å². The van der Waals surface area contributed by atoms with E-state index in [-0.39, 0.29) is 12.0 Å². The minimum Gasteiger partial charge on any atom is -0.392 e. The second-order valence-corrected chi connectivity index (χ2v) is 6.75. The average molecular weight is 357 g/mol. The molecule has 1 saturated heterocycles. The molecule has 26 heavy (non-hydrogen) atoms. The quantitative estimate of drug-likeness (QED) is 0.652. The predicted octanol–water partition coefficient (Wildman–Crippen LogP) is 1.38. The number of aliphatic hydroxyl groups excluding tert-OH is 1. The van der Waals surface area contributed by atoms with Crippen LogP contribution in [0.4, 0.5) is 5.82 Å². The van der Waals surface area contributed by atoms with Crippen LogP contribution in [0.1, 0.15) is 25.3 Å². The third-order valence-electron chi connectivity index (χ3n) is 4.56. The lowest BCUT2D eigenvalue weighted by molar-refractivity contribution is -0.114. The summed E-state index contributed by atoms with van der Waals surface area (Å²) in [6.45, 7) is 5.88. The Hall–Kier alpha value is -2.22. The van der Waals surface area contributed by atoms with Crippen molar-refractivity contribution in [2.75, 3.05) is 31.5 Å². The summed E-state index contributed by atoms with van der Waals surface area (Å²) in [5.74, 6) is 0.414. The Morgan fingerprint density at radius 1 is 1.38 bits per heavy atom. The molecule has 1 aliphatic rings. The number of amides is 1. The molecule has 7 nitrogen and oxygen atoms in total. The summed E-state index contributed by atoms with van der Waals surface area (Å²) in [6, 6.07) is 8.14. The van der Waals surface area contributed by atoms with Crippen molar-refractivity contribution in [1.82, 2.24) is 19.8 Å². The number of anilines is 1. The van der Waals surface area contributed by atoms with Crippen molar-refractivity contribution in [3.63, 3.8) is 0 Å². The molecular formula is C19H27N5O2. The number of aromatic nitrogens is 2. The Kier molecular flexibility index (Phi) is 6.38. The number of hydrogen-bond donors (Lipinski definition) is 3. The molecule has 0 radical (unpaired) electrons. The van der Waals surface area contributed by atoms with E-state index in [4.69, 9.17) is 0 Å². The molecule has 2 aromatic rings. The molecule has 3 N–H and O–H groups in total. The first-order valence-corrected chi connectivity index (χ1v) is 9.13. The molecule has 3 rings (SSSR count). The predicted molar refractivity (Wildman–Crippen MR) is 101 cm³/mol. The number of nitrogens with one attached hydrogen (secondary N) is 2. The topological polar surface area (TPSA) is 82.4 Å². The molecule has 1 unspecified atom stereocenters. The van der Waals surface area contributed by atoms with Crippen LogP contribution in [0.25, 0.3) is 5.69 Å². The van der Waals surface area contributed by atoms with Crippen molar-refractivity contribution < 1.29 is 9.90 Å². The number of hydrogen-bond acceptors (Lipinski definition) is 5. The summed E-state index contributed by atoms with van der Waals surface area (Å²) in [5.41, 5.74) is 2.20. The normalized spacial score (nSPS) is 18.0. The molecule has 7 heteroatoms. The SMILES string of the molecule is CC(=O)Nc1cn(-c2ccccc2CNCCN2CCCC(O)C2)cn1. The number of imidazole rings is 1. The Bertz CT molecular complexity index is 730. The fraction of sp³-hybridized carbons (Fsp3) is 0.474. The van der Waals surface area contributed by atoms with Gasteiger partial charge in [-0.3, -0.25) is 9.69 Å². The summed E-state index contributed by atoms with van der Waals surface area (Å²) in [6.07, 6.45) is 5.34. The van der Waals surface area contributed by atoms with Crippen molar-refractivity contribution in [3.8, 4) is 5.69 Å². The Balaban J connectivity index is 1.55. The number of benzene rings is 1. The highest BCUT2D eigenvalue weighted by atomic mass is 16.3. The van der Waals surface area contributed by atoms with Gasteiger partial charge in [-0.25, -0.2) is 4.98 Å². The number of piperidine rings is 1. The summed E-state index contributed by atoms with van der Waals surface area (Å²) in [5, 5.41) is 15.9. The molecule has 1 amide bonds. The number of nitrogens with zero attached hydrogens (tertiary/aromatic N) is 3. The van der Waals surface area contributed by atoms with E-state index in [0.29, 0.717) is 5.82 Å². The first-order valence-electron chi connectivity index (χ1n) is 9.13. The van der Waals surface area contributed by atoms with Gasteiger partial charge in [-0.2, -0.15) is 0 Å². The fourth-order valence-corrected chi connectivity index (χ4v) is 3.31. The maximum atomic E-state index is 11.2. The van der Waals surface area contributed by atoms with Gasteiger partial charge in [0.2, 0.25) is 5.91 Å². The third kappa shape index (κ3) is 5.14. The van der Waals surface area contributed by atoms with E-state index < -0.39 is 0 Å². The van der Waals surface area contributed by atoms with Crippen LogP contribution in [-0.4, -0.2) is 57.7 Å². The van der Waals surface area contributed by atoms with Crippen LogP contribution in [-0.2, 0) is 11.3 Å². The number of carbonyl (C=O) groups excluding carboxylic acids is 1. The van der Waals surface area contributed by atoms with Gasteiger partial charge in [-0.15, -0.1) is 0 Å². The standard InChI is InChI=1S/C19H27N5O2/c1-15(25)22-19-13-24(14-21-19)18-7-3-2-5-16(18)11-20-8-10-23-9-4-6-17(26)12-23/h2-3,5,7,13-14,17,20,26H,4,6,8-12H2,1H3,(H,22,25). The smallest absolute Gasteiger partial charge is 0.222 e. The first kappa shape index (κ1) is 18.6. The maximum absolute atomic E-state index is 11.2. The molecule has 1 atom stereocenters. The Morgan fingerprint density at radius 3 is 3.04 bits per heavy atom. The van der Waals surface area contributed by atoms with Crippen molar-refractivity contribution in [2.24, 2.45) is 0 Å². The number of carbonyl (C=O) groups is 1. The molecule has 0 spiro atoms. The lowest BCUT2D eigenvalue weighted by Crippen LogP contribution is -2.41. The molecular weight excluding hydrogens is 330 g/mol. The first-order chi connectivity index (χ1) is 12.6. The highest BCUT2D eigenvalue weighted by Crippen LogP contribution is 2.16. The van der Waals surface area contributed by atoms with Crippen LogP contribution >= 0.6 is 0 Å². The van der Waals surface area contributed by atoms with E-state index in [9.17, 15) is 9.90 Å². The van der Waals surface area contributed by atoms with E-state index in [2.05, 4.69) is 26.6 Å². The van der Waals surface area contributed by atoms with Gasteiger partial charge in [0, 0.05) is 33.1 Å². The number of β-amino-alcohol motifs (C(OH)–C–C–N with tert-alkyl or cyclic N) is 1. The zero-order valence-electron chi connectivity index (χ0n) is 15.2. The van der Waals surface area contributed by atoms with Crippen LogP contribution in [0.2, 0.25) is 0 Å². The molecule has 0 saturated carbocycles. The minimum absolute atomic E-state index is 0.131. The average Bonchev–Trinajstić information content (AvgIpc) is 3.07. The van der Waals surface area contributed by atoms with Gasteiger partial charge >= 0.3 is 0 Å². The summed E-state index contributed by atoms with van der Waals surface area (Å²) >= 11 is 0. The summed E-state index contributed by atoms with van der Waals surface area (Å²) in [4.78, 5) is 17.7. The van der Waals surface area contributed by atoms with Gasteiger partial charge in [0.05, 0.1) is 18.0 Å². The number of aliphatic hydroxyl groups is 1. The molecule has 1 aliphatic heterocycles. The van der Waals surface area contributed by atoms with Gasteiger partial charge in [0.1, 0.15) is 6.33 Å². The molecule has 2 heterocycles. The van der Waals surface area contributed by atoms with Crippen LogP contribution in [0.15, 0.2) is 36.8 Å². The van der Waals surface area contributed by atoms with Gasteiger partial charge in [-0.1, -0.05) is 18.2 Å². The maximum Gasteiger partial charge on any atom is 0.222 e. The highest BCUT2D eigenvalue weighted by Gasteiger charge is 2.16. The zero-order chi connectivity index (χ0) is 18.4. The third-order valence-corrected chi connectivity index (χ3v) is 4.56. The lowest BCUT2D eigenvalue weighted by atomic mass is 10.1. The van der Waals surface area contributed by atoms with E-state index >= 15 is 0 Å². The largest absolute Gasteiger partial charge is 0.392 e. The number of likely N-dealkylation sites (tertiary alicyclic amines) is 1. The van der Waals surface area contributed by atoms with Crippen LogP contribution in [0.5, 0.6) is 0 Å². The Morgan fingerprint density at radius 2 is 2.23 bits per heavy atom. The minimum atomic E-state index is -0.177. The van der Waals surface area contributed by atoms with E-state index in [1.165, 1.54) is 6.92 Å². The summed E-state index contributed by atoms with van der Waals surface area (Å²) in [7, 11) is 0. The molecule has 0 aliphatic carbocycles. The van der Waals surface area contributed by atoms with E-state index in [0.717, 1.165) is 56.8 Å². The monoisotopic (exact) mass is 357 g/mol. The van der Waals surface area contributed by atoms with E-state index in [1.54, 1.807) is 6.33 Å². The molecule has 1 fully saturated rings. The molecule has 1 aromatic heterocycles. The Labute approximate surface area is 154 Å². The van der Waals surface area contributed by atoms with Crippen molar-refractivity contribution >= 4 is 11.7 Å².